The largest absolute Gasteiger partial charge is 0.309 e. The molecule has 1 unspecified atom stereocenters. The molecule has 6 heteroatoms. The summed E-state index contributed by atoms with van der Waals surface area (Å²) in [5.74, 6) is 0. The maximum Gasteiger partial charge on any atom is 0.0772 e. The van der Waals surface area contributed by atoms with Gasteiger partial charge >= 0.3 is 0 Å². The van der Waals surface area contributed by atoms with Gasteiger partial charge in [0.05, 0.1) is 28.3 Å². The van der Waals surface area contributed by atoms with Gasteiger partial charge in [-0.1, -0.05) is 25.3 Å². The van der Waals surface area contributed by atoms with Gasteiger partial charge in [-0.3, -0.25) is 4.68 Å². The van der Waals surface area contributed by atoms with Gasteiger partial charge < -0.3 is 5.32 Å². The molecular weight excluding hydrogens is 282 g/mol. The highest BCUT2D eigenvalue weighted by Gasteiger charge is 2.18. The topological polar surface area (TPSA) is 55.6 Å². The molecule has 0 fully saturated rings. The lowest BCUT2D eigenvalue weighted by Gasteiger charge is -2.16. The molecule has 5 nitrogen and oxygen atoms in total. The van der Waals surface area contributed by atoms with Crippen LogP contribution in [0.3, 0.4) is 0 Å². The van der Waals surface area contributed by atoms with Gasteiger partial charge in [0.25, 0.3) is 0 Å². The van der Waals surface area contributed by atoms with E-state index in [0.29, 0.717) is 6.04 Å². The Kier molecular flexibility index (Phi) is 5.87. The standard InChI is InChI=1S/C15H25N5S/c1-5-13(6-2)20-9-8-12(18-20)10-14(16-7-3)15-11(4)17-19-21-15/h8-9,13-14,16H,5-7,10H2,1-4H3. The van der Waals surface area contributed by atoms with Crippen LogP contribution in [0.5, 0.6) is 0 Å². The van der Waals surface area contributed by atoms with E-state index in [4.69, 9.17) is 5.10 Å². The van der Waals surface area contributed by atoms with Crippen LogP contribution in [0, 0.1) is 6.92 Å². The first-order valence-corrected chi connectivity index (χ1v) is 8.53. The average Bonchev–Trinajstić information content (AvgIpc) is 3.09. The van der Waals surface area contributed by atoms with E-state index in [1.807, 2.05) is 6.92 Å². The van der Waals surface area contributed by atoms with Crippen LogP contribution in [0.25, 0.3) is 0 Å². The molecule has 0 saturated carbocycles. The Balaban J connectivity index is 2.12. The second-order valence-corrected chi connectivity index (χ2v) is 6.08. The van der Waals surface area contributed by atoms with Crippen molar-refractivity contribution in [3.63, 3.8) is 0 Å². The lowest BCUT2D eigenvalue weighted by Crippen LogP contribution is -2.23. The minimum absolute atomic E-state index is 0.250. The minimum Gasteiger partial charge on any atom is -0.309 e. The fourth-order valence-corrected chi connectivity index (χ4v) is 3.34. The highest BCUT2D eigenvalue weighted by atomic mass is 32.1. The van der Waals surface area contributed by atoms with E-state index in [-0.39, 0.29) is 6.04 Å². The van der Waals surface area contributed by atoms with Crippen LogP contribution in [0.4, 0.5) is 0 Å². The minimum atomic E-state index is 0.250. The first-order chi connectivity index (χ1) is 10.2. The molecule has 0 aromatic carbocycles. The monoisotopic (exact) mass is 307 g/mol. The zero-order valence-corrected chi connectivity index (χ0v) is 14.2. The third-order valence-electron chi connectivity index (χ3n) is 3.85. The van der Waals surface area contributed by atoms with Crippen molar-refractivity contribution in [2.24, 2.45) is 0 Å². The number of nitrogens with one attached hydrogen (secondary N) is 1. The van der Waals surface area contributed by atoms with Gasteiger partial charge in [-0.05, 0) is 43.9 Å². The van der Waals surface area contributed by atoms with Crippen molar-refractivity contribution in [1.29, 1.82) is 0 Å². The van der Waals surface area contributed by atoms with Crippen LogP contribution < -0.4 is 5.32 Å². The molecule has 0 amide bonds. The summed E-state index contributed by atoms with van der Waals surface area (Å²) in [7, 11) is 0. The molecule has 116 valence electrons. The van der Waals surface area contributed by atoms with E-state index < -0.39 is 0 Å². The van der Waals surface area contributed by atoms with Gasteiger partial charge in [-0.2, -0.15) is 5.10 Å². The normalized spacial score (nSPS) is 13.0. The lowest BCUT2D eigenvalue weighted by atomic mass is 10.1. The summed E-state index contributed by atoms with van der Waals surface area (Å²) in [4.78, 5) is 1.22. The van der Waals surface area contributed by atoms with E-state index in [2.05, 4.69) is 52.6 Å². The van der Waals surface area contributed by atoms with Crippen molar-refractivity contribution in [2.45, 2.75) is 59.0 Å². The Hall–Kier alpha value is -1.27. The van der Waals surface area contributed by atoms with E-state index in [1.165, 1.54) is 16.4 Å². The summed E-state index contributed by atoms with van der Waals surface area (Å²) in [6.45, 7) is 9.49. The Labute approximate surface area is 130 Å². The second-order valence-electron chi connectivity index (χ2n) is 5.29. The Morgan fingerprint density at radius 1 is 1.29 bits per heavy atom. The number of hydrogen-bond donors (Lipinski definition) is 1. The van der Waals surface area contributed by atoms with Crippen LogP contribution in [0.1, 0.15) is 62.0 Å². The van der Waals surface area contributed by atoms with Gasteiger partial charge in [-0.25, -0.2) is 0 Å². The fraction of sp³-hybridized carbons (Fsp3) is 0.667. The van der Waals surface area contributed by atoms with Crippen molar-refractivity contribution in [1.82, 2.24) is 24.7 Å². The van der Waals surface area contributed by atoms with Crippen LogP contribution in [0.15, 0.2) is 12.3 Å². The van der Waals surface area contributed by atoms with E-state index >= 15 is 0 Å². The molecule has 0 bridgehead atoms. The number of rotatable bonds is 8. The Morgan fingerprint density at radius 3 is 2.62 bits per heavy atom. The molecule has 0 spiro atoms. The highest BCUT2D eigenvalue weighted by Crippen LogP contribution is 2.24. The molecule has 2 aromatic rings. The van der Waals surface area contributed by atoms with Crippen LogP contribution in [-0.2, 0) is 6.42 Å². The summed E-state index contributed by atoms with van der Waals surface area (Å²) in [6.07, 6.45) is 5.22. The van der Waals surface area contributed by atoms with Gasteiger partial charge in [0.2, 0.25) is 0 Å². The summed E-state index contributed by atoms with van der Waals surface area (Å²) in [5.41, 5.74) is 2.14. The van der Waals surface area contributed by atoms with Gasteiger partial charge in [0, 0.05) is 12.6 Å². The molecule has 2 rings (SSSR count). The first-order valence-electron chi connectivity index (χ1n) is 7.75. The Morgan fingerprint density at radius 2 is 2.05 bits per heavy atom. The SMILES string of the molecule is CCNC(Cc1ccn(C(CC)CC)n1)c1snnc1C. The zero-order chi connectivity index (χ0) is 15.2. The summed E-state index contributed by atoms with van der Waals surface area (Å²) < 4.78 is 6.16. The van der Waals surface area contributed by atoms with Gasteiger partial charge in [0.15, 0.2) is 0 Å². The lowest BCUT2D eigenvalue weighted by molar-refractivity contribution is 0.422. The smallest absolute Gasteiger partial charge is 0.0772 e. The summed E-state index contributed by atoms with van der Waals surface area (Å²) in [6, 6.07) is 2.88. The third kappa shape index (κ3) is 3.89. The van der Waals surface area contributed by atoms with E-state index in [0.717, 1.165) is 37.2 Å². The molecule has 0 aliphatic carbocycles. The van der Waals surface area contributed by atoms with Crippen molar-refractivity contribution < 1.29 is 0 Å². The number of likely N-dealkylation sites (N-methyl/N-ethyl adjacent to an activating group) is 1. The zero-order valence-electron chi connectivity index (χ0n) is 13.3. The summed E-state index contributed by atoms with van der Waals surface area (Å²) in [5, 5.41) is 12.4. The van der Waals surface area contributed by atoms with E-state index in [1.54, 1.807) is 0 Å². The first kappa shape index (κ1) is 16.1. The molecule has 21 heavy (non-hydrogen) atoms. The van der Waals surface area contributed by atoms with E-state index in [9.17, 15) is 0 Å². The second kappa shape index (κ2) is 7.66. The van der Waals surface area contributed by atoms with Crippen LogP contribution in [0.2, 0.25) is 0 Å². The number of aryl methyl sites for hydroxylation is 1. The summed E-state index contributed by atoms with van der Waals surface area (Å²) >= 11 is 1.48. The van der Waals surface area contributed by atoms with Gasteiger partial charge in [0.1, 0.15) is 0 Å². The average molecular weight is 307 g/mol. The number of aromatic nitrogens is 4. The maximum absolute atomic E-state index is 4.75. The molecule has 0 saturated heterocycles. The molecule has 2 aromatic heterocycles. The fourth-order valence-electron chi connectivity index (χ4n) is 2.62. The van der Waals surface area contributed by atoms with Crippen molar-refractivity contribution in [3.05, 3.63) is 28.5 Å². The predicted octanol–water partition coefficient (Wildman–Crippen LogP) is 3.30. The predicted molar refractivity (Wildman–Crippen MR) is 86.6 cm³/mol. The molecule has 0 aliphatic heterocycles. The van der Waals surface area contributed by atoms with Crippen molar-refractivity contribution in [2.75, 3.05) is 6.54 Å². The van der Waals surface area contributed by atoms with Crippen LogP contribution >= 0.6 is 11.5 Å². The number of nitrogens with zero attached hydrogens (tertiary/aromatic N) is 4. The maximum atomic E-state index is 4.75. The Bertz CT molecular complexity index is 544. The third-order valence-corrected chi connectivity index (χ3v) is 4.79. The number of hydrogen-bond acceptors (Lipinski definition) is 5. The van der Waals surface area contributed by atoms with Crippen molar-refractivity contribution >= 4 is 11.5 Å². The molecule has 0 radical (unpaired) electrons. The molecule has 2 heterocycles. The highest BCUT2D eigenvalue weighted by molar-refractivity contribution is 7.05. The molecule has 1 N–H and O–H groups in total. The molecule has 1 atom stereocenters. The molecular formula is C15H25N5S. The van der Waals surface area contributed by atoms with Gasteiger partial charge in [-0.15, -0.1) is 5.10 Å². The van der Waals surface area contributed by atoms with Crippen molar-refractivity contribution in [3.8, 4) is 0 Å². The van der Waals surface area contributed by atoms with Crippen LogP contribution in [-0.4, -0.2) is 25.9 Å². The molecule has 0 aliphatic rings. The quantitative estimate of drug-likeness (QED) is 0.813.